The monoisotopic (exact) mass is 408 g/mol. The lowest BCUT2D eigenvalue weighted by Gasteiger charge is -2.23. The molecule has 0 spiro atoms. The van der Waals surface area contributed by atoms with Gasteiger partial charge >= 0.3 is 0 Å². The molecule has 1 unspecified atom stereocenters. The third-order valence-corrected chi connectivity index (χ3v) is 6.14. The largest absolute Gasteiger partial charge is 0.375 e. The second kappa shape index (κ2) is 6.30. The van der Waals surface area contributed by atoms with Gasteiger partial charge in [0.05, 0.1) is 18.1 Å². The van der Waals surface area contributed by atoms with Crippen molar-refractivity contribution in [2.45, 2.75) is 12.5 Å². The van der Waals surface area contributed by atoms with Crippen molar-refractivity contribution < 1.29 is 13.2 Å². The first-order valence-electron chi connectivity index (χ1n) is 6.33. The number of carbonyl (C=O) groups excluding carboxylic acids is 1. The van der Waals surface area contributed by atoms with Gasteiger partial charge in [0, 0.05) is 22.3 Å². The second-order valence-corrected chi connectivity index (χ2v) is 8.29. The quantitative estimate of drug-likeness (QED) is 0.764. The molecule has 1 fully saturated rings. The first kappa shape index (κ1) is 15.6. The molecule has 0 radical (unpaired) electrons. The lowest BCUT2D eigenvalue weighted by atomic mass is 10.2. The Labute approximate surface area is 132 Å². The molecule has 1 aromatic carbocycles. The lowest BCUT2D eigenvalue weighted by Crippen LogP contribution is -2.40. The molecule has 1 amide bonds. The van der Waals surface area contributed by atoms with E-state index in [2.05, 4.69) is 27.9 Å². The molecule has 1 aromatic rings. The number of para-hydroxylation sites is 1. The Balaban J connectivity index is 1.91. The fraction of sp³-hybridized carbons (Fsp3) is 0.462. The summed E-state index contributed by atoms with van der Waals surface area (Å²) >= 11 is 2.20. The van der Waals surface area contributed by atoms with E-state index in [0.717, 1.165) is 9.26 Å². The average Bonchev–Trinajstić information content (AvgIpc) is 2.77. The molecule has 2 rings (SSSR count). The number of carbonyl (C=O) groups is 1. The Bertz CT molecular complexity index is 603. The Morgan fingerprint density at radius 1 is 1.45 bits per heavy atom. The summed E-state index contributed by atoms with van der Waals surface area (Å²) in [6.07, 6.45) is 0.535. The first-order chi connectivity index (χ1) is 9.39. The van der Waals surface area contributed by atoms with E-state index >= 15 is 0 Å². The zero-order valence-corrected chi connectivity index (χ0v) is 14.1. The van der Waals surface area contributed by atoms with Gasteiger partial charge in [-0.15, -0.1) is 0 Å². The summed E-state index contributed by atoms with van der Waals surface area (Å²) in [6.45, 7) is 0.174. The maximum absolute atomic E-state index is 12.1. The van der Waals surface area contributed by atoms with Crippen molar-refractivity contribution in [2.75, 3.05) is 30.4 Å². The molecular formula is C13H17IN2O3S. The van der Waals surface area contributed by atoms with E-state index in [1.807, 2.05) is 24.3 Å². The smallest absolute Gasteiger partial charge is 0.241 e. The standard InChI is InChI=1S/C13H17IN2O3S/c1-16(10-6-7-20(18,19)9-10)13(17)8-15-12-5-3-2-4-11(12)14/h2-5,10,15H,6-9H2,1H3. The zero-order chi connectivity index (χ0) is 14.8. The lowest BCUT2D eigenvalue weighted by molar-refractivity contribution is -0.129. The van der Waals surface area contributed by atoms with Crippen LogP contribution in [0, 0.1) is 3.57 Å². The van der Waals surface area contributed by atoms with E-state index in [-0.39, 0.29) is 30.0 Å². The number of sulfone groups is 1. The van der Waals surface area contributed by atoms with Gasteiger partial charge in [0.15, 0.2) is 9.84 Å². The molecule has 7 heteroatoms. The maximum atomic E-state index is 12.1. The van der Waals surface area contributed by atoms with Gasteiger partial charge in [-0.25, -0.2) is 8.42 Å². The highest BCUT2D eigenvalue weighted by atomic mass is 127. The van der Waals surface area contributed by atoms with E-state index in [0.29, 0.717) is 6.42 Å². The molecule has 1 N–H and O–H groups in total. The summed E-state index contributed by atoms with van der Waals surface area (Å²) < 4.78 is 23.9. The summed E-state index contributed by atoms with van der Waals surface area (Å²) in [5.74, 6) is 0.170. The Morgan fingerprint density at radius 2 is 2.15 bits per heavy atom. The van der Waals surface area contributed by atoms with Gasteiger partial charge < -0.3 is 10.2 Å². The molecule has 0 bridgehead atoms. The van der Waals surface area contributed by atoms with Crippen LogP contribution in [0.2, 0.25) is 0 Å². The summed E-state index contributed by atoms with van der Waals surface area (Å²) in [7, 11) is -1.29. The van der Waals surface area contributed by atoms with Gasteiger partial charge in [0.1, 0.15) is 0 Å². The van der Waals surface area contributed by atoms with Gasteiger partial charge in [-0.1, -0.05) is 12.1 Å². The van der Waals surface area contributed by atoms with Crippen molar-refractivity contribution in [1.82, 2.24) is 4.90 Å². The van der Waals surface area contributed by atoms with Crippen LogP contribution in [0.4, 0.5) is 5.69 Å². The van der Waals surface area contributed by atoms with Crippen LogP contribution >= 0.6 is 22.6 Å². The number of hydrogen-bond donors (Lipinski definition) is 1. The van der Waals surface area contributed by atoms with Crippen molar-refractivity contribution in [2.24, 2.45) is 0 Å². The van der Waals surface area contributed by atoms with E-state index < -0.39 is 9.84 Å². The number of halogens is 1. The fourth-order valence-electron chi connectivity index (χ4n) is 2.18. The highest BCUT2D eigenvalue weighted by Gasteiger charge is 2.32. The van der Waals surface area contributed by atoms with Gasteiger partial charge in [-0.2, -0.15) is 0 Å². The number of rotatable bonds is 4. The van der Waals surface area contributed by atoms with Crippen molar-refractivity contribution in [3.05, 3.63) is 27.8 Å². The maximum Gasteiger partial charge on any atom is 0.241 e. The van der Waals surface area contributed by atoms with Crippen LogP contribution in [0.25, 0.3) is 0 Å². The molecule has 0 aliphatic carbocycles. The molecule has 1 saturated heterocycles. The molecule has 1 aliphatic rings. The molecule has 1 heterocycles. The predicted molar refractivity (Wildman–Crippen MR) is 87.5 cm³/mol. The van der Waals surface area contributed by atoms with Crippen molar-refractivity contribution in [3.63, 3.8) is 0 Å². The second-order valence-electron chi connectivity index (χ2n) is 4.89. The summed E-state index contributed by atoms with van der Waals surface area (Å²) in [4.78, 5) is 13.6. The Morgan fingerprint density at radius 3 is 2.75 bits per heavy atom. The van der Waals surface area contributed by atoms with Crippen LogP contribution in [0.1, 0.15) is 6.42 Å². The third-order valence-electron chi connectivity index (χ3n) is 3.45. The minimum absolute atomic E-state index is 0.0815. The van der Waals surface area contributed by atoms with E-state index in [1.54, 1.807) is 11.9 Å². The van der Waals surface area contributed by atoms with E-state index in [4.69, 9.17) is 0 Å². The highest BCUT2D eigenvalue weighted by Crippen LogP contribution is 2.18. The van der Waals surface area contributed by atoms with Crippen LogP contribution in [0.15, 0.2) is 24.3 Å². The molecule has 1 atom stereocenters. The van der Waals surface area contributed by atoms with Crippen molar-refractivity contribution in [1.29, 1.82) is 0 Å². The predicted octanol–water partition coefficient (Wildman–Crippen LogP) is 1.35. The van der Waals surface area contributed by atoms with Crippen LogP contribution in [0.5, 0.6) is 0 Å². The van der Waals surface area contributed by atoms with E-state index in [9.17, 15) is 13.2 Å². The third kappa shape index (κ3) is 3.85. The van der Waals surface area contributed by atoms with Crippen molar-refractivity contribution in [3.8, 4) is 0 Å². The number of nitrogens with one attached hydrogen (secondary N) is 1. The number of likely N-dealkylation sites (N-methyl/N-ethyl adjacent to an activating group) is 1. The van der Waals surface area contributed by atoms with Gasteiger partial charge in [-0.3, -0.25) is 4.79 Å². The van der Waals surface area contributed by atoms with Gasteiger partial charge in [0.2, 0.25) is 5.91 Å². The summed E-state index contributed by atoms with van der Waals surface area (Å²) in [5, 5.41) is 3.09. The SMILES string of the molecule is CN(C(=O)CNc1ccccc1I)C1CCS(=O)(=O)C1. The molecular weight excluding hydrogens is 391 g/mol. The normalized spacial score (nSPS) is 20.6. The summed E-state index contributed by atoms with van der Waals surface area (Å²) in [5.41, 5.74) is 0.911. The van der Waals surface area contributed by atoms with Crippen LogP contribution < -0.4 is 5.32 Å². The molecule has 110 valence electrons. The number of amides is 1. The van der Waals surface area contributed by atoms with Crippen LogP contribution in [-0.2, 0) is 14.6 Å². The van der Waals surface area contributed by atoms with Crippen LogP contribution in [0.3, 0.4) is 0 Å². The number of anilines is 1. The minimum Gasteiger partial charge on any atom is -0.375 e. The zero-order valence-electron chi connectivity index (χ0n) is 11.2. The number of hydrogen-bond acceptors (Lipinski definition) is 4. The Kier molecular flexibility index (Phi) is 4.90. The molecule has 5 nitrogen and oxygen atoms in total. The Hall–Kier alpha value is -0.830. The number of nitrogens with zero attached hydrogens (tertiary/aromatic N) is 1. The van der Waals surface area contributed by atoms with Crippen LogP contribution in [-0.4, -0.2) is 50.4 Å². The van der Waals surface area contributed by atoms with E-state index in [1.165, 1.54) is 0 Å². The molecule has 20 heavy (non-hydrogen) atoms. The minimum atomic E-state index is -2.96. The van der Waals surface area contributed by atoms with Gasteiger partial charge in [-0.05, 0) is 41.1 Å². The molecule has 0 saturated carbocycles. The average molecular weight is 408 g/mol. The van der Waals surface area contributed by atoms with Gasteiger partial charge in [0.25, 0.3) is 0 Å². The van der Waals surface area contributed by atoms with Crippen molar-refractivity contribution >= 4 is 44.0 Å². The first-order valence-corrected chi connectivity index (χ1v) is 9.23. The number of benzene rings is 1. The molecule has 0 aromatic heterocycles. The molecule has 1 aliphatic heterocycles. The summed E-state index contributed by atoms with van der Waals surface area (Å²) in [6, 6.07) is 7.52. The topological polar surface area (TPSA) is 66.5 Å². The fourth-order valence-corrected chi connectivity index (χ4v) is 4.54. The highest BCUT2D eigenvalue weighted by molar-refractivity contribution is 14.1.